The first-order valence-corrected chi connectivity index (χ1v) is 4.57. The van der Waals surface area contributed by atoms with Gasteiger partial charge in [-0.25, -0.2) is 4.79 Å². The molecular formula is C8H6NOS+. The van der Waals surface area contributed by atoms with Crippen molar-refractivity contribution in [1.29, 1.82) is 0 Å². The molecule has 2 rings (SSSR count). The third kappa shape index (κ3) is 0.935. The van der Waals surface area contributed by atoms with Crippen LogP contribution in [0.25, 0.3) is 10.2 Å². The van der Waals surface area contributed by atoms with Gasteiger partial charge < -0.3 is 0 Å². The average molecular weight is 164 g/mol. The molecule has 54 valence electrons. The minimum atomic E-state index is -0.381. The van der Waals surface area contributed by atoms with E-state index in [1.165, 1.54) is 0 Å². The molecule has 3 heteroatoms. The van der Waals surface area contributed by atoms with Gasteiger partial charge in [-0.3, -0.25) is 0 Å². The van der Waals surface area contributed by atoms with E-state index in [0.717, 1.165) is 15.8 Å². The summed E-state index contributed by atoms with van der Waals surface area (Å²) in [5.41, 5.74) is 3.58. The molecule has 0 radical (unpaired) electrons. The molecular weight excluding hydrogens is 158 g/mol. The van der Waals surface area contributed by atoms with Crippen LogP contribution in [-0.4, -0.2) is 10.6 Å². The molecule has 0 aliphatic carbocycles. The van der Waals surface area contributed by atoms with Crippen LogP contribution < -0.4 is 0 Å². The molecule has 2 aromatic rings. The van der Waals surface area contributed by atoms with Gasteiger partial charge in [0.2, 0.25) is 10.2 Å². The second kappa shape index (κ2) is 2.43. The Bertz CT molecular complexity index is 394. The van der Waals surface area contributed by atoms with Crippen LogP contribution in [-0.2, 0) is 4.79 Å². The Balaban J connectivity index is 2.86. The average Bonchev–Trinajstić information content (AvgIpc) is 2.47. The van der Waals surface area contributed by atoms with Crippen LogP contribution in [0.5, 0.6) is 0 Å². The molecule has 0 bridgehead atoms. The molecule has 11 heavy (non-hydrogen) atoms. The number of carbonyl (C=O) groups excluding carboxylic acids is 1. The van der Waals surface area contributed by atoms with E-state index in [0.29, 0.717) is 0 Å². The van der Waals surface area contributed by atoms with Gasteiger partial charge >= 0.3 is 5.62 Å². The maximum Gasteiger partial charge on any atom is 0.345 e. The SMILES string of the molecule is O=C[s+]1cnc2ccccc21. The molecule has 2 nitrogen and oxygen atoms in total. The summed E-state index contributed by atoms with van der Waals surface area (Å²) < 4.78 is 1.04. The fraction of sp³-hybridized carbons (Fsp3) is 0. The molecule has 0 N–H and O–H groups in total. The van der Waals surface area contributed by atoms with E-state index < -0.39 is 0 Å². The molecule has 1 aromatic carbocycles. The zero-order valence-electron chi connectivity index (χ0n) is 5.73. The Morgan fingerprint density at radius 1 is 1.36 bits per heavy atom. The van der Waals surface area contributed by atoms with Gasteiger partial charge in [0.05, 0.1) is 10.5 Å². The monoisotopic (exact) mass is 164 g/mol. The lowest BCUT2D eigenvalue weighted by Crippen LogP contribution is -1.63. The molecule has 1 aromatic heterocycles. The van der Waals surface area contributed by atoms with Gasteiger partial charge in [-0.15, -0.1) is 0 Å². The summed E-state index contributed by atoms with van der Waals surface area (Å²) in [4.78, 5) is 14.6. The van der Waals surface area contributed by atoms with Crippen LogP contribution in [0.1, 0.15) is 0 Å². The van der Waals surface area contributed by atoms with Crippen LogP contribution in [0, 0.1) is 0 Å². The summed E-state index contributed by atoms with van der Waals surface area (Å²) in [5.74, 6) is 0. The lowest BCUT2D eigenvalue weighted by Gasteiger charge is -1.77. The van der Waals surface area contributed by atoms with E-state index in [1.54, 1.807) is 5.51 Å². The van der Waals surface area contributed by atoms with Crippen molar-refractivity contribution in [3.8, 4) is 0 Å². The van der Waals surface area contributed by atoms with E-state index in [2.05, 4.69) is 4.98 Å². The number of nitrogens with zero attached hydrogens (tertiary/aromatic N) is 1. The number of carbonyl (C=O) groups is 1. The standard InChI is InChI=1S/C8H6NOS/c10-6-11-5-9-7-3-1-2-4-8(7)11/h1-6H/q+1. The summed E-state index contributed by atoms with van der Waals surface area (Å²) in [6, 6.07) is 7.72. The Hall–Kier alpha value is -1.22. The maximum absolute atomic E-state index is 10.5. The van der Waals surface area contributed by atoms with Gasteiger partial charge in [0, 0.05) is 6.07 Å². The fourth-order valence-corrected chi connectivity index (χ4v) is 2.10. The van der Waals surface area contributed by atoms with Crippen molar-refractivity contribution < 1.29 is 4.79 Å². The van der Waals surface area contributed by atoms with Crippen molar-refractivity contribution >= 4 is 26.3 Å². The summed E-state index contributed by atoms with van der Waals surface area (Å²) in [6.45, 7) is 0. The number of para-hydroxylation sites is 1. The number of benzene rings is 1. The summed E-state index contributed by atoms with van der Waals surface area (Å²) >= 11 is 0. The van der Waals surface area contributed by atoms with E-state index >= 15 is 0 Å². The Morgan fingerprint density at radius 2 is 2.18 bits per heavy atom. The van der Waals surface area contributed by atoms with E-state index in [9.17, 15) is 4.79 Å². The van der Waals surface area contributed by atoms with Gasteiger partial charge in [0.1, 0.15) is 5.52 Å². The van der Waals surface area contributed by atoms with Crippen LogP contribution in [0.4, 0.5) is 0 Å². The molecule has 0 spiro atoms. The topological polar surface area (TPSA) is 30.0 Å². The smallest absolute Gasteiger partial charge is 0.235 e. The largest absolute Gasteiger partial charge is 0.345 e. The van der Waals surface area contributed by atoms with Crippen molar-refractivity contribution in [3.05, 3.63) is 29.8 Å². The highest BCUT2D eigenvalue weighted by Gasteiger charge is 2.10. The van der Waals surface area contributed by atoms with Crippen LogP contribution in [0.2, 0.25) is 0 Å². The van der Waals surface area contributed by atoms with Crippen molar-refractivity contribution in [2.75, 3.05) is 0 Å². The Kier molecular flexibility index (Phi) is 1.43. The Morgan fingerprint density at radius 3 is 3.00 bits per heavy atom. The van der Waals surface area contributed by atoms with E-state index in [-0.39, 0.29) is 10.5 Å². The predicted molar refractivity (Wildman–Crippen MR) is 46.4 cm³/mol. The number of fused-ring (bicyclic) bond motifs is 1. The normalized spacial score (nSPS) is 11.8. The molecule has 1 heterocycles. The van der Waals surface area contributed by atoms with Gasteiger partial charge in [-0.2, -0.15) is 4.98 Å². The van der Waals surface area contributed by atoms with E-state index in [1.807, 2.05) is 24.3 Å². The summed E-state index contributed by atoms with van der Waals surface area (Å²) in [5, 5.41) is 0. The predicted octanol–water partition coefficient (Wildman–Crippen LogP) is 2.02. The van der Waals surface area contributed by atoms with Crippen molar-refractivity contribution in [2.45, 2.75) is 0 Å². The Labute approximate surface area is 66.5 Å². The molecule has 0 amide bonds. The highest BCUT2D eigenvalue weighted by Crippen LogP contribution is 2.25. The minimum absolute atomic E-state index is 0.381. The van der Waals surface area contributed by atoms with Crippen molar-refractivity contribution in [1.82, 2.24) is 4.98 Å². The third-order valence-electron chi connectivity index (χ3n) is 1.53. The highest BCUT2D eigenvalue weighted by atomic mass is 32.2. The second-order valence-corrected chi connectivity index (χ2v) is 3.76. The van der Waals surface area contributed by atoms with Crippen molar-refractivity contribution in [2.24, 2.45) is 0 Å². The van der Waals surface area contributed by atoms with Crippen LogP contribution in [0.3, 0.4) is 0 Å². The lowest BCUT2D eigenvalue weighted by atomic mass is 10.3. The number of aromatic nitrogens is 1. The number of thiazole rings is 1. The van der Waals surface area contributed by atoms with Crippen molar-refractivity contribution in [3.63, 3.8) is 0 Å². The molecule has 0 fully saturated rings. The third-order valence-corrected chi connectivity index (χ3v) is 2.92. The summed E-state index contributed by atoms with van der Waals surface area (Å²) in [7, 11) is -0.381. The fourth-order valence-electron chi connectivity index (χ4n) is 1.01. The molecule has 0 aliphatic heterocycles. The maximum atomic E-state index is 10.5. The van der Waals surface area contributed by atoms with Gasteiger partial charge in [0.25, 0.3) is 0 Å². The molecule has 1 atom stereocenters. The first-order chi connectivity index (χ1) is 5.42. The zero-order chi connectivity index (χ0) is 7.68. The van der Waals surface area contributed by atoms with Crippen LogP contribution in [0.15, 0.2) is 29.8 Å². The van der Waals surface area contributed by atoms with Crippen LogP contribution >= 0.6 is 10.5 Å². The number of rotatable bonds is 1. The first-order valence-electron chi connectivity index (χ1n) is 3.22. The quantitative estimate of drug-likeness (QED) is 0.476. The molecule has 0 saturated heterocycles. The van der Waals surface area contributed by atoms with Gasteiger partial charge in [-0.1, -0.05) is 12.1 Å². The van der Waals surface area contributed by atoms with Gasteiger partial charge in [-0.05, 0) is 6.07 Å². The summed E-state index contributed by atoms with van der Waals surface area (Å²) in [6.07, 6.45) is 0. The second-order valence-electron chi connectivity index (χ2n) is 2.17. The number of hydrogen-bond acceptors (Lipinski definition) is 2. The van der Waals surface area contributed by atoms with Gasteiger partial charge in [0.15, 0.2) is 0 Å². The number of hydrogen-bond donors (Lipinski definition) is 0. The first kappa shape index (κ1) is 6.49. The molecule has 0 saturated carbocycles. The lowest BCUT2D eigenvalue weighted by molar-refractivity contribution is 0.569. The molecule has 0 aliphatic rings. The van der Waals surface area contributed by atoms with E-state index in [4.69, 9.17) is 0 Å². The minimum Gasteiger partial charge on any atom is -0.235 e. The molecule has 1 unspecified atom stereocenters. The zero-order valence-corrected chi connectivity index (χ0v) is 6.54. The highest BCUT2D eigenvalue weighted by molar-refractivity contribution is 7.51.